The average Bonchev–Trinajstić information content (AvgIpc) is 3.51. The Labute approximate surface area is 218 Å². The predicted molar refractivity (Wildman–Crippen MR) is 137 cm³/mol. The number of aromatic nitrogens is 4. The summed E-state index contributed by atoms with van der Waals surface area (Å²) in [5.74, 6) is 0.397. The van der Waals surface area contributed by atoms with Crippen molar-refractivity contribution in [2.24, 2.45) is 0 Å². The van der Waals surface area contributed by atoms with Crippen molar-refractivity contribution in [3.05, 3.63) is 76.0 Å². The van der Waals surface area contributed by atoms with E-state index in [1.165, 1.54) is 29.2 Å². The van der Waals surface area contributed by atoms with Crippen LogP contribution in [-0.2, 0) is 16.1 Å². The lowest BCUT2D eigenvalue weighted by molar-refractivity contribution is -0.123. The van der Waals surface area contributed by atoms with Gasteiger partial charge in [-0.2, -0.15) is 0 Å². The van der Waals surface area contributed by atoms with E-state index in [1.807, 2.05) is 30.3 Å². The molecule has 0 saturated heterocycles. The van der Waals surface area contributed by atoms with Crippen molar-refractivity contribution in [1.82, 2.24) is 25.1 Å². The maximum Gasteiger partial charge on any atom is 0.258 e. The first kappa shape index (κ1) is 25.0. The van der Waals surface area contributed by atoms with Gasteiger partial charge in [-0.1, -0.05) is 53.2 Å². The van der Waals surface area contributed by atoms with Crippen molar-refractivity contribution in [2.45, 2.75) is 11.7 Å². The molecule has 0 unspecified atom stereocenters. The number of rotatable bonds is 10. The molecule has 2 N–H and O–H groups in total. The lowest BCUT2D eigenvalue weighted by Crippen LogP contribution is -2.29. The molecule has 2 aromatic carbocycles. The number of thioether (sulfide) groups is 1. The predicted octanol–water partition coefficient (Wildman–Crippen LogP) is 4.46. The van der Waals surface area contributed by atoms with Gasteiger partial charge in [0, 0.05) is 22.3 Å². The first-order chi connectivity index (χ1) is 17.0. The molecular formula is C22H18Cl2N6O3S2. The van der Waals surface area contributed by atoms with Gasteiger partial charge in [-0.25, -0.2) is 4.98 Å². The number of nitrogens with one attached hydrogen (secondary N) is 2. The number of carbonyl (C=O) groups excluding carboxylic acids is 2. The van der Waals surface area contributed by atoms with E-state index in [4.69, 9.17) is 27.9 Å². The van der Waals surface area contributed by atoms with Crippen LogP contribution in [0.4, 0.5) is 5.13 Å². The van der Waals surface area contributed by atoms with Crippen LogP contribution in [0.1, 0.15) is 5.82 Å². The summed E-state index contributed by atoms with van der Waals surface area (Å²) in [6, 6.07) is 14.2. The maximum atomic E-state index is 12.4. The minimum absolute atomic E-state index is 0.101. The van der Waals surface area contributed by atoms with Gasteiger partial charge in [0.25, 0.3) is 5.91 Å². The Bertz CT molecular complexity index is 1300. The van der Waals surface area contributed by atoms with Crippen LogP contribution in [0.2, 0.25) is 10.0 Å². The van der Waals surface area contributed by atoms with Crippen LogP contribution in [0.25, 0.3) is 5.69 Å². The number of hydrogen-bond donors (Lipinski definition) is 2. The number of para-hydroxylation sites is 1. The first-order valence-corrected chi connectivity index (χ1v) is 12.8. The Morgan fingerprint density at radius 2 is 1.91 bits per heavy atom. The molecule has 2 amide bonds. The number of ether oxygens (including phenoxy) is 1. The fraction of sp³-hybridized carbons (Fsp3) is 0.136. The highest BCUT2D eigenvalue weighted by Crippen LogP contribution is 2.27. The van der Waals surface area contributed by atoms with Crippen LogP contribution >= 0.6 is 46.3 Å². The molecule has 4 rings (SSSR count). The third kappa shape index (κ3) is 6.95. The lowest BCUT2D eigenvalue weighted by atomic mass is 10.3. The fourth-order valence-electron chi connectivity index (χ4n) is 2.88. The molecule has 9 nitrogen and oxygen atoms in total. The average molecular weight is 549 g/mol. The Hall–Kier alpha value is -3.12. The molecular weight excluding hydrogens is 531 g/mol. The molecule has 0 saturated carbocycles. The molecule has 2 heterocycles. The summed E-state index contributed by atoms with van der Waals surface area (Å²) in [5, 5.41) is 17.6. The highest BCUT2D eigenvalue weighted by molar-refractivity contribution is 7.99. The number of hydrogen-bond acceptors (Lipinski definition) is 8. The molecule has 0 fully saturated rings. The van der Waals surface area contributed by atoms with Gasteiger partial charge in [0.15, 0.2) is 22.7 Å². The third-order valence-electron chi connectivity index (χ3n) is 4.42. The minimum atomic E-state index is -0.365. The Morgan fingerprint density at radius 3 is 2.66 bits per heavy atom. The molecule has 0 aliphatic heterocycles. The number of benzene rings is 2. The van der Waals surface area contributed by atoms with Gasteiger partial charge in [-0.05, 0) is 30.3 Å². The number of halogens is 2. The van der Waals surface area contributed by atoms with Crippen molar-refractivity contribution in [3.63, 3.8) is 0 Å². The molecule has 0 aliphatic carbocycles. The first-order valence-electron chi connectivity index (χ1n) is 10.2. The van der Waals surface area contributed by atoms with E-state index in [9.17, 15) is 9.59 Å². The standard InChI is InChI=1S/C22H18Cl2N6O3S2/c23-14-6-7-17(16(24)10-14)33-12-19(31)26-11-18-28-29-22(30(18)15-4-2-1-3-5-15)35-13-20(32)27-21-25-8-9-34-21/h1-10H,11-13H2,(H,26,31)(H,25,27,32). The molecule has 2 aromatic heterocycles. The zero-order valence-corrected chi connectivity index (χ0v) is 21.1. The molecule has 0 spiro atoms. The quantitative estimate of drug-likeness (QED) is 0.281. The van der Waals surface area contributed by atoms with Crippen molar-refractivity contribution in [2.75, 3.05) is 17.7 Å². The molecule has 13 heteroatoms. The van der Waals surface area contributed by atoms with Gasteiger partial charge in [0.05, 0.1) is 17.3 Å². The van der Waals surface area contributed by atoms with E-state index in [0.29, 0.717) is 31.9 Å². The van der Waals surface area contributed by atoms with Gasteiger partial charge < -0.3 is 15.4 Å². The number of thiazole rings is 1. The molecule has 4 aromatic rings. The summed E-state index contributed by atoms with van der Waals surface area (Å²) in [4.78, 5) is 28.7. The fourth-order valence-corrected chi connectivity index (χ4v) is 4.66. The SMILES string of the molecule is O=C(COc1ccc(Cl)cc1Cl)NCc1nnc(SCC(=O)Nc2nccs2)n1-c1ccccc1. The van der Waals surface area contributed by atoms with Crippen LogP contribution in [0.5, 0.6) is 5.75 Å². The summed E-state index contributed by atoms with van der Waals surface area (Å²) < 4.78 is 7.26. The van der Waals surface area contributed by atoms with Crippen LogP contribution in [0, 0.1) is 0 Å². The van der Waals surface area contributed by atoms with Crippen LogP contribution in [0.3, 0.4) is 0 Å². The monoisotopic (exact) mass is 548 g/mol. The largest absolute Gasteiger partial charge is 0.482 e. The normalized spacial score (nSPS) is 10.7. The van der Waals surface area contributed by atoms with Crippen molar-refractivity contribution < 1.29 is 14.3 Å². The van der Waals surface area contributed by atoms with Gasteiger partial charge in [0.2, 0.25) is 5.91 Å². The molecule has 0 radical (unpaired) electrons. The highest BCUT2D eigenvalue weighted by Gasteiger charge is 2.17. The summed E-state index contributed by atoms with van der Waals surface area (Å²) in [7, 11) is 0. The number of amides is 2. The molecule has 0 aliphatic rings. The van der Waals surface area contributed by atoms with Gasteiger partial charge in [-0.3, -0.25) is 14.2 Å². The second kappa shape index (κ2) is 12.0. The van der Waals surface area contributed by atoms with Crippen molar-refractivity contribution >= 4 is 63.2 Å². The topological polar surface area (TPSA) is 111 Å². The van der Waals surface area contributed by atoms with Crippen LogP contribution < -0.4 is 15.4 Å². The van der Waals surface area contributed by atoms with E-state index in [0.717, 1.165) is 5.69 Å². The zero-order chi connectivity index (χ0) is 24.6. The van der Waals surface area contributed by atoms with Crippen LogP contribution in [0.15, 0.2) is 65.3 Å². The summed E-state index contributed by atoms with van der Waals surface area (Å²) in [6.45, 7) is -0.135. The van der Waals surface area contributed by atoms with E-state index in [2.05, 4.69) is 25.8 Å². The van der Waals surface area contributed by atoms with E-state index < -0.39 is 0 Å². The number of carbonyl (C=O) groups is 2. The summed E-state index contributed by atoms with van der Waals surface area (Å²) in [6.07, 6.45) is 1.62. The van der Waals surface area contributed by atoms with Crippen molar-refractivity contribution in [1.29, 1.82) is 0 Å². The minimum Gasteiger partial charge on any atom is -0.482 e. The Morgan fingerprint density at radius 1 is 1.09 bits per heavy atom. The lowest BCUT2D eigenvalue weighted by Gasteiger charge is -2.11. The molecule has 0 bridgehead atoms. The second-order valence-electron chi connectivity index (χ2n) is 6.88. The Balaban J connectivity index is 1.40. The smallest absolute Gasteiger partial charge is 0.258 e. The zero-order valence-electron chi connectivity index (χ0n) is 18.0. The highest BCUT2D eigenvalue weighted by atomic mass is 35.5. The van der Waals surface area contributed by atoms with E-state index >= 15 is 0 Å². The third-order valence-corrected chi connectivity index (χ3v) is 6.57. The Kier molecular flexibility index (Phi) is 8.59. The molecule has 180 valence electrons. The molecule has 35 heavy (non-hydrogen) atoms. The van der Waals surface area contributed by atoms with Gasteiger partial charge >= 0.3 is 0 Å². The van der Waals surface area contributed by atoms with Crippen molar-refractivity contribution in [3.8, 4) is 11.4 Å². The summed E-state index contributed by atoms with van der Waals surface area (Å²) in [5.41, 5.74) is 0.800. The van der Waals surface area contributed by atoms with Gasteiger partial charge in [-0.15, -0.1) is 21.5 Å². The second-order valence-corrected chi connectivity index (χ2v) is 9.56. The number of nitrogens with zero attached hydrogens (tertiary/aromatic N) is 4. The molecule has 0 atom stereocenters. The number of anilines is 1. The van der Waals surface area contributed by atoms with E-state index in [1.54, 1.807) is 28.3 Å². The summed E-state index contributed by atoms with van der Waals surface area (Å²) >= 11 is 14.5. The van der Waals surface area contributed by atoms with E-state index in [-0.39, 0.29) is 30.7 Å². The van der Waals surface area contributed by atoms with Gasteiger partial charge in [0.1, 0.15) is 5.75 Å². The maximum absolute atomic E-state index is 12.4. The van der Waals surface area contributed by atoms with Crippen LogP contribution in [-0.4, -0.2) is 43.9 Å².